The molecule has 0 aliphatic carbocycles. The fourth-order valence-electron chi connectivity index (χ4n) is 2.27. The quantitative estimate of drug-likeness (QED) is 0.821. The average Bonchev–Trinajstić information content (AvgIpc) is 2.76. The van der Waals surface area contributed by atoms with Crippen LogP contribution in [0.1, 0.15) is 27.3 Å². The van der Waals surface area contributed by atoms with Crippen molar-refractivity contribution < 1.29 is 4.79 Å². The Balaban J connectivity index is 2.00. The predicted molar refractivity (Wildman–Crippen MR) is 74.1 cm³/mol. The number of carbonyl (C=O) groups excluding carboxylic acids is 1. The summed E-state index contributed by atoms with van der Waals surface area (Å²) >= 11 is 1.46. The van der Waals surface area contributed by atoms with Crippen molar-refractivity contribution in [1.82, 2.24) is 14.8 Å². The fraction of sp³-hybridized carbons (Fsp3) is 0.615. The number of amides is 1. The van der Waals surface area contributed by atoms with Gasteiger partial charge >= 0.3 is 0 Å². The lowest BCUT2D eigenvalue weighted by Gasteiger charge is -2.35. The molecule has 19 heavy (non-hydrogen) atoms. The van der Waals surface area contributed by atoms with Gasteiger partial charge < -0.3 is 4.90 Å². The van der Waals surface area contributed by atoms with Crippen LogP contribution in [0.2, 0.25) is 0 Å². The summed E-state index contributed by atoms with van der Waals surface area (Å²) in [4.78, 5) is 21.4. The maximum atomic E-state index is 12.4. The standard InChI is InChI=1S/C13H18N4OS/c1-9(8-14)16-4-6-17(7-5-16)13(18)12-10(2)15-11(3)19-12/h9H,4-7H2,1-3H3. The number of rotatable bonds is 2. The highest BCUT2D eigenvalue weighted by Crippen LogP contribution is 2.20. The zero-order valence-corrected chi connectivity index (χ0v) is 12.3. The Morgan fingerprint density at radius 2 is 2.00 bits per heavy atom. The summed E-state index contributed by atoms with van der Waals surface area (Å²) in [5, 5.41) is 9.83. The lowest BCUT2D eigenvalue weighted by atomic mass is 10.2. The highest BCUT2D eigenvalue weighted by Gasteiger charge is 2.26. The van der Waals surface area contributed by atoms with Crippen LogP contribution in [0.4, 0.5) is 0 Å². The Bertz CT molecular complexity index is 511. The summed E-state index contributed by atoms with van der Waals surface area (Å²) in [5.41, 5.74) is 0.820. The van der Waals surface area contributed by atoms with Gasteiger partial charge in [0.05, 0.1) is 22.8 Å². The molecule has 6 heteroatoms. The van der Waals surface area contributed by atoms with E-state index in [9.17, 15) is 4.79 Å². The Kier molecular flexibility index (Phi) is 4.17. The van der Waals surface area contributed by atoms with E-state index in [2.05, 4.69) is 16.0 Å². The molecule has 1 aromatic rings. The Morgan fingerprint density at radius 3 is 2.47 bits per heavy atom. The van der Waals surface area contributed by atoms with Crippen molar-refractivity contribution in [3.63, 3.8) is 0 Å². The Morgan fingerprint density at radius 1 is 1.37 bits per heavy atom. The first-order valence-electron chi connectivity index (χ1n) is 6.40. The van der Waals surface area contributed by atoms with Crippen LogP contribution in [-0.4, -0.2) is 52.9 Å². The van der Waals surface area contributed by atoms with Gasteiger partial charge in [-0.25, -0.2) is 4.98 Å². The number of nitriles is 1. The van der Waals surface area contributed by atoms with Crippen molar-refractivity contribution in [2.45, 2.75) is 26.8 Å². The van der Waals surface area contributed by atoms with Gasteiger partial charge in [0.15, 0.2) is 0 Å². The van der Waals surface area contributed by atoms with E-state index >= 15 is 0 Å². The SMILES string of the molecule is Cc1nc(C)c(C(=O)N2CCN(C(C)C#N)CC2)s1. The number of thiazole rings is 1. The van der Waals surface area contributed by atoms with Crippen molar-refractivity contribution in [2.75, 3.05) is 26.2 Å². The third kappa shape index (κ3) is 2.94. The van der Waals surface area contributed by atoms with Crippen LogP contribution in [0, 0.1) is 25.2 Å². The topological polar surface area (TPSA) is 60.2 Å². The molecule has 1 fully saturated rings. The molecule has 0 spiro atoms. The maximum absolute atomic E-state index is 12.4. The Labute approximate surface area is 117 Å². The van der Waals surface area contributed by atoms with Gasteiger partial charge in [0.1, 0.15) is 4.88 Å². The van der Waals surface area contributed by atoms with Gasteiger partial charge in [0, 0.05) is 26.2 Å². The molecule has 0 bridgehead atoms. The number of carbonyl (C=O) groups is 1. The van der Waals surface area contributed by atoms with E-state index in [0.29, 0.717) is 13.1 Å². The molecule has 1 amide bonds. The number of piperazine rings is 1. The molecule has 102 valence electrons. The second-order valence-corrected chi connectivity index (χ2v) is 5.98. The summed E-state index contributed by atoms with van der Waals surface area (Å²) in [6.07, 6.45) is 0. The number of nitrogens with zero attached hydrogens (tertiary/aromatic N) is 4. The number of aromatic nitrogens is 1. The lowest BCUT2D eigenvalue weighted by molar-refractivity contribution is 0.0619. The predicted octanol–water partition coefficient (Wildman–Crippen LogP) is 1.43. The van der Waals surface area contributed by atoms with Gasteiger partial charge in [0.2, 0.25) is 0 Å². The molecule has 0 radical (unpaired) electrons. The molecule has 1 atom stereocenters. The van der Waals surface area contributed by atoms with Crippen molar-refractivity contribution >= 4 is 17.2 Å². The van der Waals surface area contributed by atoms with E-state index in [1.807, 2.05) is 25.7 Å². The van der Waals surface area contributed by atoms with E-state index in [4.69, 9.17) is 5.26 Å². The highest BCUT2D eigenvalue weighted by molar-refractivity contribution is 7.13. The molecular formula is C13H18N4OS. The van der Waals surface area contributed by atoms with E-state index in [1.54, 1.807) is 0 Å². The molecule has 0 aromatic carbocycles. The monoisotopic (exact) mass is 278 g/mol. The fourth-order valence-corrected chi connectivity index (χ4v) is 3.16. The minimum Gasteiger partial charge on any atom is -0.335 e. The zero-order valence-electron chi connectivity index (χ0n) is 11.5. The van der Waals surface area contributed by atoms with Crippen molar-refractivity contribution in [1.29, 1.82) is 5.26 Å². The minimum absolute atomic E-state index is 0.0763. The smallest absolute Gasteiger partial charge is 0.265 e. The normalized spacial score (nSPS) is 18.1. The molecule has 0 saturated carbocycles. The van der Waals surface area contributed by atoms with Crippen molar-refractivity contribution in [3.8, 4) is 6.07 Å². The van der Waals surface area contributed by atoms with Gasteiger partial charge in [-0.2, -0.15) is 5.26 Å². The molecule has 1 unspecified atom stereocenters. The van der Waals surface area contributed by atoms with Gasteiger partial charge in [0.25, 0.3) is 5.91 Å². The summed E-state index contributed by atoms with van der Waals surface area (Å²) in [7, 11) is 0. The van der Waals surface area contributed by atoms with Crippen LogP contribution in [0.25, 0.3) is 0 Å². The number of aryl methyl sites for hydroxylation is 2. The van der Waals surface area contributed by atoms with Crippen LogP contribution < -0.4 is 0 Å². The molecular weight excluding hydrogens is 260 g/mol. The first-order chi connectivity index (χ1) is 9.02. The molecule has 5 nitrogen and oxygen atoms in total. The van der Waals surface area contributed by atoms with Crippen molar-refractivity contribution in [3.05, 3.63) is 15.6 Å². The third-order valence-corrected chi connectivity index (χ3v) is 4.49. The van der Waals surface area contributed by atoms with Crippen LogP contribution in [0.3, 0.4) is 0 Å². The van der Waals surface area contributed by atoms with E-state index in [1.165, 1.54) is 11.3 Å². The molecule has 1 saturated heterocycles. The minimum atomic E-state index is -0.0790. The highest BCUT2D eigenvalue weighted by atomic mass is 32.1. The third-order valence-electron chi connectivity index (χ3n) is 3.43. The number of hydrogen-bond acceptors (Lipinski definition) is 5. The maximum Gasteiger partial charge on any atom is 0.265 e. The van der Waals surface area contributed by atoms with E-state index in [-0.39, 0.29) is 11.9 Å². The molecule has 2 heterocycles. The Hall–Kier alpha value is -1.45. The van der Waals surface area contributed by atoms with Crippen LogP contribution in [-0.2, 0) is 0 Å². The second-order valence-electron chi connectivity index (χ2n) is 4.78. The summed E-state index contributed by atoms with van der Waals surface area (Å²) in [5.74, 6) is 0.0763. The molecule has 1 aromatic heterocycles. The second kappa shape index (κ2) is 5.68. The molecule has 1 aliphatic rings. The van der Waals surface area contributed by atoms with Crippen LogP contribution in [0.15, 0.2) is 0 Å². The molecule has 2 rings (SSSR count). The summed E-state index contributed by atoms with van der Waals surface area (Å²) in [6, 6.07) is 2.16. The van der Waals surface area contributed by atoms with Crippen LogP contribution in [0.5, 0.6) is 0 Å². The molecule has 0 N–H and O–H groups in total. The van der Waals surface area contributed by atoms with Gasteiger partial charge in [-0.1, -0.05) is 0 Å². The lowest BCUT2D eigenvalue weighted by Crippen LogP contribution is -2.51. The van der Waals surface area contributed by atoms with Gasteiger partial charge in [-0.3, -0.25) is 9.69 Å². The van der Waals surface area contributed by atoms with E-state index in [0.717, 1.165) is 28.7 Å². The summed E-state index contributed by atoms with van der Waals surface area (Å²) < 4.78 is 0. The van der Waals surface area contributed by atoms with E-state index < -0.39 is 0 Å². The van der Waals surface area contributed by atoms with Gasteiger partial charge in [-0.15, -0.1) is 11.3 Å². The van der Waals surface area contributed by atoms with Crippen molar-refractivity contribution in [2.24, 2.45) is 0 Å². The first kappa shape index (κ1) is 14.0. The largest absolute Gasteiger partial charge is 0.335 e. The van der Waals surface area contributed by atoms with Gasteiger partial charge in [-0.05, 0) is 20.8 Å². The average molecular weight is 278 g/mol. The van der Waals surface area contributed by atoms with Crippen LogP contribution >= 0.6 is 11.3 Å². The molecule has 1 aliphatic heterocycles. The number of hydrogen-bond donors (Lipinski definition) is 0. The zero-order chi connectivity index (χ0) is 14.0. The summed E-state index contributed by atoms with van der Waals surface area (Å²) in [6.45, 7) is 8.58. The first-order valence-corrected chi connectivity index (χ1v) is 7.21.